The zero-order valence-corrected chi connectivity index (χ0v) is 18.7. The highest BCUT2D eigenvalue weighted by atomic mass is 19.4. The molecule has 2 aromatic heterocycles. The minimum atomic E-state index is -4.89. The van der Waals surface area contributed by atoms with Gasteiger partial charge in [0.2, 0.25) is 0 Å². The third-order valence-corrected chi connectivity index (χ3v) is 5.23. The smallest absolute Gasteiger partial charge is 0.425 e. The molecule has 184 valence electrons. The van der Waals surface area contributed by atoms with E-state index in [1.165, 1.54) is 23.7 Å². The number of alkyl halides is 3. The number of aryl methyl sites for hydroxylation is 1. The maximum Gasteiger partial charge on any atom is 0.573 e. The van der Waals surface area contributed by atoms with Gasteiger partial charge in [-0.05, 0) is 24.6 Å². The molecule has 0 aliphatic heterocycles. The lowest BCUT2D eigenvalue weighted by molar-refractivity contribution is -0.274. The van der Waals surface area contributed by atoms with Crippen LogP contribution in [0.2, 0.25) is 0 Å². The number of aromatic nitrogens is 4. The molecule has 1 N–H and O–H groups in total. The molecule has 4 aromatic rings. The van der Waals surface area contributed by atoms with Gasteiger partial charge in [-0.15, -0.1) is 13.2 Å². The number of ether oxygens (including phenoxy) is 2. The molecular formula is C23H21F3N4O5. The summed E-state index contributed by atoms with van der Waals surface area (Å²) in [5.41, 5.74) is 0.521. The molecule has 0 spiro atoms. The van der Waals surface area contributed by atoms with Crippen LogP contribution in [-0.2, 0) is 20.1 Å². The maximum atomic E-state index is 13.1. The lowest BCUT2D eigenvalue weighted by atomic mass is 10.1. The van der Waals surface area contributed by atoms with Gasteiger partial charge in [-0.2, -0.15) is 4.98 Å². The van der Waals surface area contributed by atoms with E-state index in [0.29, 0.717) is 0 Å². The number of aliphatic hydroxyl groups excluding tert-OH is 1. The average Bonchev–Trinajstić information content (AvgIpc) is 3.13. The highest BCUT2D eigenvalue weighted by Crippen LogP contribution is 2.30. The highest BCUT2D eigenvalue weighted by molar-refractivity contribution is 5.72. The van der Waals surface area contributed by atoms with E-state index in [1.54, 1.807) is 0 Å². The fraction of sp³-hybridized carbons (Fsp3) is 0.261. The highest BCUT2D eigenvalue weighted by Gasteiger charge is 2.31. The number of rotatable bonds is 7. The quantitative estimate of drug-likeness (QED) is 0.428. The molecule has 2 heterocycles. The van der Waals surface area contributed by atoms with Gasteiger partial charge in [-0.3, -0.25) is 18.5 Å². The summed E-state index contributed by atoms with van der Waals surface area (Å²) in [4.78, 5) is 30.0. The number of aliphatic hydroxyl groups is 1. The molecule has 12 heteroatoms. The Morgan fingerprint density at radius 3 is 2.37 bits per heavy atom. The Labute approximate surface area is 196 Å². The molecule has 0 aliphatic rings. The van der Waals surface area contributed by atoms with Gasteiger partial charge in [0.25, 0.3) is 5.56 Å². The van der Waals surface area contributed by atoms with E-state index < -0.39 is 23.4 Å². The zero-order chi connectivity index (χ0) is 25.3. The maximum absolute atomic E-state index is 13.1. The summed E-state index contributed by atoms with van der Waals surface area (Å²) in [5, 5.41) is 9.44. The molecule has 2 aromatic carbocycles. The molecule has 0 saturated heterocycles. The first-order valence-electron chi connectivity index (χ1n) is 10.5. The van der Waals surface area contributed by atoms with Gasteiger partial charge < -0.3 is 14.6 Å². The number of hydrogen-bond acceptors (Lipinski definition) is 6. The van der Waals surface area contributed by atoms with Crippen LogP contribution in [0.4, 0.5) is 13.2 Å². The monoisotopic (exact) mass is 490 g/mol. The SMILES string of the molecule is Cc1ccc(Cn2c(Oc3cccc(OC(F)(F)F)c3)nc3c2c(=O)n(C)c(=O)n3CCO)cc1. The fourth-order valence-corrected chi connectivity index (χ4v) is 3.58. The summed E-state index contributed by atoms with van der Waals surface area (Å²) in [7, 11) is 1.31. The predicted octanol–water partition coefficient (Wildman–Crippen LogP) is 2.94. The third-order valence-electron chi connectivity index (χ3n) is 5.23. The minimum Gasteiger partial charge on any atom is -0.425 e. The topological polar surface area (TPSA) is 101 Å². The van der Waals surface area contributed by atoms with Crippen LogP contribution in [0, 0.1) is 6.92 Å². The summed E-state index contributed by atoms with van der Waals surface area (Å²) >= 11 is 0. The van der Waals surface area contributed by atoms with Crippen LogP contribution in [0.25, 0.3) is 11.2 Å². The van der Waals surface area contributed by atoms with Crippen LogP contribution in [0.5, 0.6) is 17.5 Å². The van der Waals surface area contributed by atoms with E-state index >= 15 is 0 Å². The summed E-state index contributed by atoms with van der Waals surface area (Å²) in [6.07, 6.45) is -4.89. The molecule has 0 radical (unpaired) electrons. The van der Waals surface area contributed by atoms with Crippen LogP contribution >= 0.6 is 0 Å². The molecule has 0 bridgehead atoms. The standard InChI is InChI=1S/C23H21F3N4O5/c1-14-6-8-15(9-7-14)13-30-18-19(29(10-11-31)22(33)28(2)20(18)32)27-21(30)34-16-4-3-5-17(12-16)35-23(24,25)26/h3-9,12,31H,10-11,13H2,1-2H3. The lowest BCUT2D eigenvalue weighted by Crippen LogP contribution is -2.39. The number of fused-ring (bicyclic) bond motifs is 1. The largest absolute Gasteiger partial charge is 0.573 e. The van der Waals surface area contributed by atoms with Crippen molar-refractivity contribution in [1.82, 2.24) is 18.7 Å². The summed E-state index contributed by atoms with van der Waals surface area (Å²) in [6, 6.07) is 12.2. The van der Waals surface area contributed by atoms with Crippen LogP contribution in [0.1, 0.15) is 11.1 Å². The van der Waals surface area contributed by atoms with Crippen molar-refractivity contribution in [2.24, 2.45) is 7.05 Å². The van der Waals surface area contributed by atoms with Crippen molar-refractivity contribution in [3.05, 3.63) is 80.5 Å². The normalized spacial score (nSPS) is 11.7. The van der Waals surface area contributed by atoms with Gasteiger partial charge >= 0.3 is 18.1 Å². The second kappa shape index (κ2) is 9.29. The Hall–Kier alpha value is -4.06. The van der Waals surface area contributed by atoms with E-state index in [1.807, 2.05) is 31.2 Å². The van der Waals surface area contributed by atoms with Crippen molar-refractivity contribution in [2.45, 2.75) is 26.4 Å². The Morgan fingerprint density at radius 2 is 1.71 bits per heavy atom. The average molecular weight is 490 g/mol. The van der Waals surface area contributed by atoms with Crippen LogP contribution in [0.15, 0.2) is 58.1 Å². The van der Waals surface area contributed by atoms with Gasteiger partial charge in [0.15, 0.2) is 11.2 Å². The van der Waals surface area contributed by atoms with E-state index in [0.717, 1.165) is 32.4 Å². The lowest BCUT2D eigenvalue weighted by Gasteiger charge is -2.12. The van der Waals surface area contributed by atoms with E-state index in [9.17, 15) is 27.9 Å². The Kier molecular flexibility index (Phi) is 6.39. The minimum absolute atomic E-state index is 0.0167. The molecular weight excluding hydrogens is 469 g/mol. The van der Waals surface area contributed by atoms with Crippen molar-refractivity contribution in [2.75, 3.05) is 6.61 Å². The van der Waals surface area contributed by atoms with Crippen LogP contribution in [-0.4, -0.2) is 36.8 Å². The van der Waals surface area contributed by atoms with Crippen LogP contribution < -0.4 is 20.7 Å². The molecule has 0 fully saturated rings. The molecule has 0 amide bonds. The number of halogens is 3. The molecule has 0 atom stereocenters. The fourth-order valence-electron chi connectivity index (χ4n) is 3.58. The number of benzene rings is 2. The molecule has 0 saturated carbocycles. The van der Waals surface area contributed by atoms with Crippen molar-refractivity contribution < 1.29 is 27.8 Å². The molecule has 0 unspecified atom stereocenters. The van der Waals surface area contributed by atoms with E-state index in [-0.39, 0.29) is 42.6 Å². The van der Waals surface area contributed by atoms with Gasteiger partial charge in [-0.1, -0.05) is 35.9 Å². The second-order valence-corrected chi connectivity index (χ2v) is 7.79. The molecule has 4 rings (SSSR count). The van der Waals surface area contributed by atoms with Crippen molar-refractivity contribution >= 4 is 11.2 Å². The van der Waals surface area contributed by atoms with Gasteiger partial charge in [0.1, 0.15) is 11.5 Å². The summed E-state index contributed by atoms with van der Waals surface area (Å²) < 4.78 is 51.1. The summed E-state index contributed by atoms with van der Waals surface area (Å²) in [5.74, 6) is -0.524. The first-order chi connectivity index (χ1) is 16.6. The van der Waals surface area contributed by atoms with Crippen molar-refractivity contribution in [3.63, 3.8) is 0 Å². The third kappa shape index (κ3) is 5.06. The number of imidazole rings is 1. The van der Waals surface area contributed by atoms with E-state index in [2.05, 4.69) is 9.72 Å². The van der Waals surface area contributed by atoms with Crippen molar-refractivity contribution in [3.8, 4) is 17.5 Å². The van der Waals surface area contributed by atoms with Crippen LogP contribution in [0.3, 0.4) is 0 Å². The number of hydrogen-bond donors (Lipinski definition) is 1. The van der Waals surface area contributed by atoms with Crippen molar-refractivity contribution in [1.29, 1.82) is 0 Å². The Morgan fingerprint density at radius 1 is 1.03 bits per heavy atom. The predicted molar refractivity (Wildman–Crippen MR) is 120 cm³/mol. The molecule has 9 nitrogen and oxygen atoms in total. The van der Waals surface area contributed by atoms with Gasteiger partial charge in [0.05, 0.1) is 19.7 Å². The summed E-state index contributed by atoms with van der Waals surface area (Å²) in [6.45, 7) is 1.53. The van der Waals surface area contributed by atoms with Gasteiger partial charge in [0, 0.05) is 13.1 Å². The first-order valence-corrected chi connectivity index (χ1v) is 10.5. The molecule has 0 aliphatic carbocycles. The Bertz CT molecular complexity index is 1490. The second-order valence-electron chi connectivity index (χ2n) is 7.79. The number of nitrogens with zero attached hydrogens (tertiary/aromatic N) is 4. The van der Waals surface area contributed by atoms with E-state index in [4.69, 9.17) is 4.74 Å². The zero-order valence-electron chi connectivity index (χ0n) is 18.7. The molecule has 35 heavy (non-hydrogen) atoms. The Balaban J connectivity index is 1.89. The first kappa shape index (κ1) is 24.1. The van der Waals surface area contributed by atoms with Gasteiger partial charge in [-0.25, -0.2) is 4.79 Å².